The van der Waals surface area contributed by atoms with Gasteiger partial charge >= 0.3 is 0 Å². The SMILES string of the molecule is CCSc1cccc(C(CC)CC)c1. The van der Waals surface area contributed by atoms with E-state index in [1.165, 1.54) is 23.3 Å². The van der Waals surface area contributed by atoms with E-state index in [9.17, 15) is 0 Å². The maximum absolute atomic E-state index is 2.35. The number of benzene rings is 1. The Hall–Kier alpha value is -0.430. The molecule has 1 aromatic rings. The van der Waals surface area contributed by atoms with Gasteiger partial charge in [0.05, 0.1) is 0 Å². The maximum Gasteiger partial charge on any atom is 0.00746 e. The lowest BCUT2D eigenvalue weighted by Crippen LogP contribution is -1.95. The lowest BCUT2D eigenvalue weighted by atomic mass is 9.94. The van der Waals surface area contributed by atoms with Crippen LogP contribution in [0.4, 0.5) is 0 Å². The molecular formula is C13H20S. The minimum absolute atomic E-state index is 0.743. The highest BCUT2D eigenvalue weighted by Crippen LogP contribution is 2.27. The average Bonchev–Trinajstić information content (AvgIpc) is 2.21. The minimum Gasteiger partial charge on any atom is -0.126 e. The van der Waals surface area contributed by atoms with Gasteiger partial charge in [0.1, 0.15) is 0 Å². The van der Waals surface area contributed by atoms with Crippen LogP contribution in [0.5, 0.6) is 0 Å². The first-order valence-electron chi connectivity index (χ1n) is 5.54. The lowest BCUT2D eigenvalue weighted by Gasteiger charge is -2.13. The van der Waals surface area contributed by atoms with Crippen LogP contribution in [0.2, 0.25) is 0 Å². The van der Waals surface area contributed by atoms with E-state index in [1.807, 2.05) is 11.8 Å². The van der Waals surface area contributed by atoms with Crippen molar-refractivity contribution in [2.45, 2.75) is 44.4 Å². The normalized spacial score (nSPS) is 10.9. The average molecular weight is 208 g/mol. The van der Waals surface area contributed by atoms with Crippen molar-refractivity contribution in [2.75, 3.05) is 5.75 Å². The summed E-state index contributed by atoms with van der Waals surface area (Å²) in [7, 11) is 0. The molecule has 0 unspecified atom stereocenters. The molecule has 0 aliphatic heterocycles. The van der Waals surface area contributed by atoms with Gasteiger partial charge in [-0.25, -0.2) is 0 Å². The smallest absolute Gasteiger partial charge is 0.00746 e. The molecule has 0 heterocycles. The predicted molar refractivity (Wildman–Crippen MR) is 66.2 cm³/mol. The number of hydrogen-bond acceptors (Lipinski definition) is 1. The van der Waals surface area contributed by atoms with Gasteiger partial charge in [-0.2, -0.15) is 0 Å². The number of thioether (sulfide) groups is 1. The molecule has 1 aromatic carbocycles. The number of hydrogen-bond donors (Lipinski definition) is 0. The van der Waals surface area contributed by atoms with E-state index in [0.29, 0.717) is 0 Å². The summed E-state index contributed by atoms with van der Waals surface area (Å²) in [5.41, 5.74) is 1.51. The van der Waals surface area contributed by atoms with Gasteiger partial charge in [-0.3, -0.25) is 0 Å². The fourth-order valence-electron chi connectivity index (χ4n) is 1.79. The van der Waals surface area contributed by atoms with Gasteiger partial charge in [0.15, 0.2) is 0 Å². The molecule has 0 N–H and O–H groups in total. The molecule has 0 saturated carbocycles. The van der Waals surface area contributed by atoms with E-state index in [0.717, 1.165) is 11.7 Å². The van der Waals surface area contributed by atoms with Crippen LogP contribution < -0.4 is 0 Å². The first-order valence-corrected chi connectivity index (χ1v) is 6.53. The third-order valence-electron chi connectivity index (χ3n) is 2.63. The minimum atomic E-state index is 0.743. The molecule has 0 radical (unpaired) electrons. The third-order valence-corrected chi connectivity index (χ3v) is 3.50. The van der Waals surface area contributed by atoms with E-state index < -0.39 is 0 Å². The molecule has 78 valence electrons. The molecule has 0 saturated heterocycles. The monoisotopic (exact) mass is 208 g/mol. The van der Waals surface area contributed by atoms with Gasteiger partial charge < -0.3 is 0 Å². The molecule has 0 fully saturated rings. The zero-order valence-electron chi connectivity index (χ0n) is 9.42. The third kappa shape index (κ3) is 3.06. The Morgan fingerprint density at radius 3 is 2.43 bits per heavy atom. The van der Waals surface area contributed by atoms with E-state index in [4.69, 9.17) is 0 Å². The molecule has 0 spiro atoms. The van der Waals surface area contributed by atoms with Crippen LogP contribution in [0, 0.1) is 0 Å². The van der Waals surface area contributed by atoms with Crippen molar-refractivity contribution in [3.63, 3.8) is 0 Å². The van der Waals surface area contributed by atoms with Crippen LogP contribution in [0.3, 0.4) is 0 Å². The second kappa shape index (κ2) is 6.13. The van der Waals surface area contributed by atoms with Gasteiger partial charge in [0.2, 0.25) is 0 Å². The van der Waals surface area contributed by atoms with Gasteiger partial charge in [0.25, 0.3) is 0 Å². The summed E-state index contributed by atoms with van der Waals surface area (Å²) in [5, 5.41) is 0. The second-order valence-electron chi connectivity index (χ2n) is 3.52. The van der Waals surface area contributed by atoms with E-state index >= 15 is 0 Å². The maximum atomic E-state index is 2.35. The first-order chi connectivity index (χ1) is 6.81. The van der Waals surface area contributed by atoms with Crippen molar-refractivity contribution in [1.82, 2.24) is 0 Å². The highest BCUT2D eigenvalue weighted by atomic mass is 32.2. The Balaban J connectivity index is 2.81. The van der Waals surface area contributed by atoms with Crippen LogP contribution in [-0.2, 0) is 0 Å². The molecule has 0 amide bonds. The fraction of sp³-hybridized carbons (Fsp3) is 0.538. The van der Waals surface area contributed by atoms with Crippen LogP contribution in [0.15, 0.2) is 29.2 Å². The van der Waals surface area contributed by atoms with Crippen molar-refractivity contribution in [3.05, 3.63) is 29.8 Å². The van der Waals surface area contributed by atoms with Crippen molar-refractivity contribution in [1.29, 1.82) is 0 Å². The zero-order valence-corrected chi connectivity index (χ0v) is 10.2. The van der Waals surface area contributed by atoms with E-state index in [-0.39, 0.29) is 0 Å². The summed E-state index contributed by atoms with van der Waals surface area (Å²) in [6.07, 6.45) is 2.49. The van der Waals surface area contributed by atoms with Gasteiger partial charge in [-0.05, 0) is 42.2 Å². The van der Waals surface area contributed by atoms with Crippen molar-refractivity contribution in [2.24, 2.45) is 0 Å². The Morgan fingerprint density at radius 1 is 1.14 bits per heavy atom. The lowest BCUT2D eigenvalue weighted by molar-refractivity contribution is 0.640. The number of rotatable bonds is 5. The zero-order chi connectivity index (χ0) is 10.4. The fourth-order valence-corrected chi connectivity index (χ4v) is 2.51. The summed E-state index contributed by atoms with van der Waals surface area (Å²) in [6.45, 7) is 6.75. The molecule has 0 aliphatic rings. The molecule has 0 atom stereocenters. The Labute approximate surface area is 92.1 Å². The van der Waals surface area contributed by atoms with Gasteiger partial charge in [-0.15, -0.1) is 11.8 Å². The molecule has 0 bridgehead atoms. The van der Waals surface area contributed by atoms with Crippen molar-refractivity contribution >= 4 is 11.8 Å². The van der Waals surface area contributed by atoms with E-state index in [2.05, 4.69) is 45.0 Å². The Bertz CT molecular complexity index is 264. The first kappa shape index (κ1) is 11.6. The summed E-state index contributed by atoms with van der Waals surface area (Å²) >= 11 is 1.93. The van der Waals surface area contributed by atoms with Crippen molar-refractivity contribution in [3.8, 4) is 0 Å². The van der Waals surface area contributed by atoms with Gasteiger partial charge in [0, 0.05) is 4.90 Å². The Kier molecular flexibility index (Phi) is 5.10. The molecule has 1 heteroatoms. The highest BCUT2D eigenvalue weighted by Gasteiger charge is 2.06. The van der Waals surface area contributed by atoms with Crippen LogP contribution >= 0.6 is 11.8 Å². The van der Waals surface area contributed by atoms with Crippen LogP contribution in [0.25, 0.3) is 0 Å². The summed E-state index contributed by atoms with van der Waals surface area (Å²) in [5.74, 6) is 1.90. The Morgan fingerprint density at radius 2 is 1.86 bits per heavy atom. The molecule has 0 aliphatic carbocycles. The molecule has 14 heavy (non-hydrogen) atoms. The topological polar surface area (TPSA) is 0 Å². The molecule has 0 aromatic heterocycles. The van der Waals surface area contributed by atoms with Crippen molar-refractivity contribution < 1.29 is 0 Å². The van der Waals surface area contributed by atoms with E-state index in [1.54, 1.807) is 0 Å². The van der Waals surface area contributed by atoms with Gasteiger partial charge in [-0.1, -0.05) is 32.9 Å². The summed E-state index contributed by atoms with van der Waals surface area (Å²) in [4.78, 5) is 1.41. The summed E-state index contributed by atoms with van der Waals surface area (Å²) < 4.78 is 0. The summed E-state index contributed by atoms with van der Waals surface area (Å²) in [6, 6.07) is 9.01. The molecule has 0 nitrogen and oxygen atoms in total. The second-order valence-corrected chi connectivity index (χ2v) is 4.86. The predicted octanol–water partition coefficient (Wildman–Crippen LogP) is 4.70. The van der Waals surface area contributed by atoms with Crippen LogP contribution in [-0.4, -0.2) is 5.75 Å². The molecular weight excluding hydrogens is 188 g/mol. The van der Waals surface area contributed by atoms with Crippen LogP contribution in [0.1, 0.15) is 45.1 Å². The molecule has 1 rings (SSSR count). The highest BCUT2D eigenvalue weighted by molar-refractivity contribution is 7.99. The largest absolute Gasteiger partial charge is 0.126 e. The standard InChI is InChI=1S/C13H20S/c1-4-11(5-2)12-8-7-9-13(10-12)14-6-3/h7-11H,4-6H2,1-3H3. The quantitative estimate of drug-likeness (QED) is 0.632.